The summed E-state index contributed by atoms with van der Waals surface area (Å²) in [5.41, 5.74) is 1.19. The van der Waals surface area contributed by atoms with E-state index in [1.807, 2.05) is 24.3 Å². The van der Waals surface area contributed by atoms with Crippen molar-refractivity contribution in [3.8, 4) is 0 Å². The average molecular weight is 323 g/mol. The molecule has 1 fully saturated rings. The SMILES string of the molecule is Clc1ccc(CN2CCN(c3ncccn3)CC2)cc1Cl. The van der Waals surface area contributed by atoms with E-state index in [0.29, 0.717) is 10.0 Å². The van der Waals surface area contributed by atoms with Crippen LogP contribution < -0.4 is 4.90 Å². The van der Waals surface area contributed by atoms with Crippen LogP contribution in [0.4, 0.5) is 5.95 Å². The lowest BCUT2D eigenvalue weighted by Crippen LogP contribution is -2.46. The van der Waals surface area contributed by atoms with Gasteiger partial charge in [-0.3, -0.25) is 4.90 Å². The second-order valence-electron chi connectivity index (χ2n) is 5.06. The molecule has 21 heavy (non-hydrogen) atoms. The van der Waals surface area contributed by atoms with Gasteiger partial charge in [0.15, 0.2) is 0 Å². The summed E-state index contributed by atoms with van der Waals surface area (Å²) in [7, 11) is 0. The summed E-state index contributed by atoms with van der Waals surface area (Å²) in [5.74, 6) is 0.812. The fraction of sp³-hybridized carbons (Fsp3) is 0.333. The van der Waals surface area contributed by atoms with Gasteiger partial charge < -0.3 is 4.90 Å². The lowest BCUT2D eigenvalue weighted by atomic mass is 10.2. The fourth-order valence-corrected chi connectivity index (χ4v) is 2.78. The Morgan fingerprint density at radius 2 is 1.67 bits per heavy atom. The van der Waals surface area contributed by atoms with Crippen LogP contribution in [0, 0.1) is 0 Å². The minimum absolute atomic E-state index is 0.603. The normalized spacial score (nSPS) is 16.2. The van der Waals surface area contributed by atoms with E-state index in [9.17, 15) is 0 Å². The summed E-state index contributed by atoms with van der Waals surface area (Å²) in [4.78, 5) is 13.2. The largest absolute Gasteiger partial charge is 0.338 e. The Morgan fingerprint density at radius 1 is 0.952 bits per heavy atom. The second-order valence-corrected chi connectivity index (χ2v) is 5.87. The van der Waals surface area contributed by atoms with Gasteiger partial charge in [-0.05, 0) is 23.8 Å². The molecule has 1 aliphatic heterocycles. The summed E-state index contributed by atoms with van der Waals surface area (Å²) >= 11 is 12.0. The van der Waals surface area contributed by atoms with Gasteiger partial charge in [-0.25, -0.2) is 9.97 Å². The zero-order valence-corrected chi connectivity index (χ0v) is 13.1. The van der Waals surface area contributed by atoms with Gasteiger partial charge >= 0.3 is 0 Å². The number of hydrogen-bond acceptors (Lipinski definition) is 4. The van der Waals surface area contributed by atoms with Gasteiger partial charge in [-0.15, -0.1) is 0 Å². The number of nitrogens with zero attached hydrogens (tertiary/aromatic N) is 4. The van der Waals surface area contributed by atoms with E-state index < -0.39 is 0 Å². The topological polar surface area (TPSA) is 32.3 Å². The number of halogens is 2. The number of aromatic nitrogens is 2. The van der Waals surface area contributed by atoms with Crippen LogP contribution in [0.25, 0.3) is 0 Å². The summed E-state index contributed by atoms with van der Waals surface area (Å²) in [6.45, 7) is 4.73. The Morgan fingerprint density at radius 3 is 2.33 bits per heavy atom. The molecule has 110 valence electrons. The maximum atomic E-state index is 6.06. The molecule has 0 spiro atoms. The maximum absolute atomic E-state index is 6.06. The molecule has 0 aliphatic carbocycles. The van der Waals surface area contributed by atoms with Crippen molar-refractivity contribution in [3.63, 3.8) is 0 Å². The van der Waals surface area contributed by atoms with Gasteiger partial charge in [0.25, 0.3) is 0 Å². The van der Waals surface area contributed by atoms with Crippen LogP contribution in [0.5, 0.6) is 0 Å². The smallest absolute Gasteiger partial charge is 0.225 e. The van der Waals surface area contributed by atoms with Crippen LogP contribution in [0.3, 0.4) is 0 Å². The second kappa shape index (κ2) is 6.60. The highest BCUT2D eigenvalue weighted by atomic mass is 35.5. The van der Waals surface area contributed by atoms with E-state index in [4.69, 9.17) is 23.2 Å². The predicted octanol–water partition coefficient (Wildman–Crippen LogP) is 3.11. The molecule has 0 atom stereocenters. The van der Waals surface area contributed by atoms with E-state index in [0.717, 1.165) is 38.7 Å². The molecule has 2 heterocycles. The monoisotopic (exact) mass is 322 g/mol. The molecule has 4 nitrogen and oxygen atoms in total. The van der Waals surface area contributed by atoms with Crippen LogP contribution in [0.1, 0.15) is 5.56 Å². The van der Waals surface area contributed by atoms with Crippen molar-refractivity contribution >= 4 is 29.2 Å². The molecule has 0 amide bonds. The maximum Gasteiger partial charge on any atom is 0.225 e. The van der Waals surface area contributed by atoms with Gasteiger partial charge in [-0.1, -0.05) is 29.3 Å². The number of benzene rings is 1. The molecule has 1 aromatic heterocycles. The summed E-state index contributed by atoms with van der Waals surface area (Å²) < 4.78 is 0. The van der Waals surface area contributed by atoms with E-state index in [2.05, 4.69) is 19.8 Å². The van der Waals surface area contributed by atoms with Gasteiger partial charge in [0.05, 0.1) is 10.0 Å². The Bertz CT molecular complexity index is 598. The lowest BCUT2D eigenvalue weighted by Gasteiger charge is -2.34. The standard InChI is InChI=1S/C15H16Cl2N4/c16-13-3-2-12(10-14(13)17)11-20-6-8-21(9-7-20)15-18-4-1-5-19-15/h1-5,10H,6-9,11H2. The molecule has 0 radical (unpaired) electrons. The number of hydrogen-bond donors (Lipinski definition) is 0. The number of anilines is 1. The van der Waals surface area contributed by atoms with Crippen molar-refractivity contribution in [1.29, 1.82) is 0 Å². The van der Waals surface area contributed by atoms with E-state index in [-0.39, 0.29) is 0 Å². The Labute approximate surface area is 134 Å². The highest BCUT2D eigenvalue weighted by molar-refractivity contribution is 6.42. The highest BCUT2D eigenvalue weighted by Gasteiger charge is 2.18. The minimum atomic E-state index is 0.603. The van der Waals surface area contributed by atoms with Crippen molar-refractivity contribution < 1.29 is 0 Å². The van der Waals surface area contributed by atoms with Gasteiger partial charge in [0, 0.05) is 45.1 Å². The first-order chi connectivity index (χ1) is 10.2. The first-order valence-electron chi connectivity index (χ1n) is 6.90. The highest BCUT2D eigenvalue weighted by Crippen LogP contribution is 2.23. The Kier molecular flexibility index (Phi) is 4.58. The molecule has 6 heteroatoms. The summed E-state index contributed by atoms with van der Waals surface area (Å²) in [5, 5.41) is 1.22. The van der Waals surface area contributed by atoms with Gasteiger partial charge in [0.1, 0.15) is 0 Å². The molecular weight excluding hydrogens is 307 g/mol. The first kappa shape index (κ1) is 14.6. The molecule has 0 unspecified atom stereocenters. The van der Waals surface area contributed by atoms with Crippen LogP contribution >= 0.6 is 23.2 Å². The predicted molar refractivity (Wildman–Crippen MR) is 86.0 cm³/mol. The molecule has 2 aromatic rings. The minimum Gasteiger partial charge on any atom is -0.338 e. The molecule has 0 N–H and O–H groups in total. The summed E-state index contributed by atoms with van der Waals surface area (Å²) in [6.07, 6.45) is 3.56. The van der Waals surface area contributed by atoms with Crippen LogP contribution in [0.2, 0.25) is 10.0 Å². The molecule has 1 aromatic carbocycles. The molecule has 1 aliphatic rings. The average Bonchev–Trinajstić information content (AvgIpc) is 2.53. The molecule has 1 saturated heterocycles. The van der Waals surface area contributed by atoms with Gasteiger partial charge in [-0.2, -0.15) is 0 Å². The van der Waals surface area contributed by atoms with Crippen molar-refractivity contribution in [2.75, 3.05) is 31.1 Å². The fourth-order valence-electron chi connectivity index (χ4n) is 2.46. The molecular formula is C15H16Cl2N4. The van der Waals surface area contributed by atoms with E-state index in [1.54, 1.807) is 12.4 Å². The zero-order chi connectivity index (χ0) is 14.7. The third kappa shape index (κ3) is 3.64. The Balaban J connectivity index is 1.57. The third-order valence-electron chi connectivity index (χ3n) is 3.60. The zero-order valence-electron chi connectivity index (χ0n) is 11.5. The van der Waals surface area contributed by atoms with Crippen molar-refractivity contribution in [1.82, 2.24) is 14.9 Å². The molecule has 0 bridgehead atoms. The molecule has 3 rings (SSSR count). The van der Waals surface area contributed by atoms with E-state index in [1.165, 1.54) is 5.56 Å². The Hall–Kier alpha value is -1.36. The van der Waals surface area contributed by atoms with Crippen LogP contribution in [-0.4, -0.2) is 41.0 Å². The quantitative estimate of drug-likeness (QED) is 0.869. The third-order valence-corrected chi connectivity index (χ3v) is 4.34. The van der Waals surface area contributed by atoms with Crippen molar-refractivity contribution in [3.05, 3.63) is 52.3 Å². The lowest BCUT2D eigenvalue weighted by molar-refractivity contribution is 0.248. The molecule has 0 saturated carbocycles. The number of rotatable bonds is 3. The van der Waals surface area contributed by atoms with Crippen molar-refractivity contribution in [2.24, 2.45) is 0 Å². The number of piperazine rings is 1. The van der Waals surface area contributed by atoms with Crippen molar-refractivity contribution in [2.45, 2.75) is 6.54 Å². The summed E-state index contributed by atoms with van der Waals surface area (Å²) in [6, 6.07) is 7.66. The van der Waals surface area contributed by atoms with E-state index >= 15 is 0 Å². The van der Waals surface area contributed by atoms with Gasteiger partial charge in [0.2, 0.25) is 5.95 Å². The first-order valence-corrected chi connectivity index (χ1v) is 7.66. The van der Waals surface area contributed by atoms with Crippen LogP contribution in [-0.2, 0) is 6.54 Å². The van der Waals surface area contributed by atoms with Crippen LogP contribution in [0.15, 0.2) is 36.7 Å².